The average molecular weight is 480 g/mol. The Morgan fingerprint density at radius 2 is 1.63 bits per heavy atom. The molecular formula is C27H33N3O5. The molecule has 8 nitrogen and oxygen atoms in total. The number of carbonyl (C=O) groups is 4. The highest BCUT2D eigenvalue weighted by Gasteiger charge is 2.35. The van der Waals surface area contributed by atoms with Crippen molar-refractivity contribution < 1.29 is 23.9 Å². The van der Waals surface area contributed by atoms with Gasteiger partial charge in [0.05, 0.1) is 18.2 Å². The average Bonchev–Trinajstić information content (AvgIpc) is 3.12. The first-order chi connectivity index (χ1) is 16.9. The normalized spacial score (nSPS) is 13.4. The summed E-state index contributed by atoms with van der Waals surface area (Å²) in [5.74, 6) is -0.386. The number of amides is 4. The molecule has 2 aromatic rings. The standard InChI is InChI=1S/C27H33N3O5/c1-4-5-16-28-25(32)19(2)30(18-20-12-14-21(35-3)15-13-20)24(31)11-8-17-29-26(33)22-9-6-7-10-23(22)27(29)34/h6-7,9-10,12-15,19H,4-5,8,11,16-18H2,1-3H3,(H,28,32)/t19-/m1/s1. The van der Waals surface area contributed by atoms with Gasteiger partial charge in [0, 0.05) is 26.1 Å². The summed E-state index contributed by atoms with van der Waals surface area (Å²) in [5.41, 5.74) is 1.65. The smallest absolute Gasteiger partial charge is 0.261 e. The number of carbonyl (C=O) groups excluding carboxylic acids is 4. The lowest BCUT2D eigenvalue weighted by molar-refractivity contribution is -0.140. The number of fused-ring (bicyclic) bond motifs is 1. The third-order valence-corrected chi connectivity index (χ3v) is 6.16. The van der Waals surface area contributed by atoms with Crippen LogP contribution in [0.3, 0.4) is 0 Å². The summed E-state index contributed by atoms with van der Waals surface area (Å²) in [6, 6.07) is 13.4. The lowest BCUT2D eigenvalue weighted by atomic mass is 10.1. The maximum absolute atomic E-state index is 13.2. The lowest BCUT2D eigenvalue weighted by Crippen LogP contribution is -2.47. The Labute approximate surface area is 206 Å². The zero-order chi connectivity index (χ0) is 25.4. The fourth-order valence-corrected chi connectivity index (χ4v) is 4.02. The minimum absolute atomic E-state index is 0.107. The molecular weight excluding hydrogens is 446 g/mol. The number of benzene rings is 2. The van der Waals surface area contributed by atoms with Crippen LogP contribution in [0.25, 0.3) is 0 Å². The molecule has 1 N–H and O–H groups in total. The fourth-order valence-electron chi connectivity index (χ4n) is 4.02. The van der Waals surface area contributed by atoms with Gasteiger partial charge in [0.2, 0.25) is 11.8 Å². The van der Waals surface area contributed by atoms with Crippen LogP contribution in [0, 0.1) is 0 Å². The van der Waals surface area contributed by atoms with E-state index in [1.165, 1.54) is 4.90 Å². The monoisotopic (exact) mass is 479 g/mol. The zero-order valence-corrected chi connectivity index (χ0v) is 20.6. The first kappa shape index (κ1) is 25.9. The van der Waals surface area contributed by atoms with Crippen molar-refractivity contribution >= 4 is 23.6 Å². The van der Waals surface area contributed by atoms with Crippen LogP contribution in [0.4, 0.5) is 0 Å². The lowest BCUT2D eigenvalue weighted by Gasteiger charge is -2.29. The molecule has 1 atom stereocenters. The largest absolute Gasteiger partial charge is 0.497 e. The Hall–Kier alpha value is -3.68. The van der Waals surface area contributed by atoms with E-state index in [-0.39, 0.29) is 43.1 Å². The van der Waals surface area contributed by atoms with Crippen LogP contribution >= 0.6 is 0 Å². The van der Waals surface area contributed by atoms with Gasteiger partial charge in [-0.1, -0.05) is 37.6 Å². The molecule has 0 radical (unpaired) electrons. The van der Waals surface area contributed by atoms with Gasteiger partial charge in [-0.15, -0.1) is 0 Å². The van der Waals surface area contributed by atoms with Gasteiger partial charge >= 0.3 is 0 Å². The summed E-state index contributed by atoms with van der Waals surface area (Å²) in [5, 5.41) is 2.89. The predicted octanol–water partition coefficient (Wildman–Crippen LogP) is 3.41. The summed E-state index contributed by atoms with van der Waals surface area (Å²) in [6.07, 6.45) is 2.25. The van der Waals surface area contributed by atoms with Gasteiger partial charge < -0.3 is 15.0 Å². The zero-order valence-electron chi connectivity index (χ0n) is 20.6. The number of nitrogens with one attached hydrogen (secondary N) is 1. The topological polar surface area (TPSA) is 96.0 Å². The summed E-state index contributed by atoms with van der Waals surface area (Å²) in [4.78, 5) is 53.9. The third-order valence-electron chi connectivity index (χ3n) is 6.16. The molecule has 0 saturated carbocycles. The molecule has 0 saturated heterocycles. The van der Waals surface area contributed by atoms with Gasteiger partial charge in [-0.3, -0.25) is 24.1 Å². The quantitative estimate of drug-likeness (QED) is 0.372. The molecule has 0 unspecified atom stereocenters. The molecule has 2 aromatic carbocycles. The van der Waals surface area contributed by atoms with Gasteiger partial charge in [0.25, 0.3) is 11.8 Å². The van der Waals surface area contributed by atoms with E-state index in [1.807, 2.05) is 31.2 Å². The molecule has 0 bridgehead atoms. The highest BCUT2D eigenvalue weighted by molar-refractivity contribution is 6.21. The molecule has 4 amide bonds. The number of nitrogens with zero attached hydrogens (tertiary/aromatic N) is 2. The Bertz CT molecular complexity index is 1030. The van der Waals surface area contributed by atoms with Crippen molar-refractivity contribution in [2.45, 2.75) is 52.1 Å². The molecule has 8 heteroatoms. The van der Waals surface area contributed by atoms with Crippen LogP contribution in [0.2, 0.25) is 0 Å². The number of methoxy groups -OCH3 is 1. The number of imide groups is 1. The second kappa shape index (κ2) is 12.1. The Balaban J connectivity index is 1.65. The molecule has 0 aliphatic carbocycles. The highest BCUT2D eigenvalue weighted by Crippen LogP contribution is 2.23. The van der Waals surface area contributed by atoms with Gasteiger partial charge in [-0.2, -0.15) is 0 Å². The van der Waals surface area contributed by atoms with Gasteiger partial charge in [0.1, 0.15) is 11.8 Å². The first-order valence-corrected chi connectivity index (χ1v) is 12.0. The molecule has 186 valence electrons. The minimum Gasteiger partial charge on any atom is -0.497 e. The van der Waals surface area contributed by atoms with E-state index in [0.29, 0.717) is 29.8 Å². The third kappa shape index (κ3) is 6.26. The molecule has 35 heavy (non-hydrogen) atoms. The van der Waals surface area contributed by atoms with Crippen molar-refractivity contribution in [1.29, 1.82) is 0 Å². The van der Waals surface area contributed by atoms with E-state index >= 15 is 0 Å². The second-order valence-corrected chi connectivity index (χ2v) is 8.60. The summed E-state index contributed by atoms with van der Waals surface area (Å²) in [6.45, 7) is 4.73. The van der Waals surface area contributed by atoms with Gasteiger partial charge in [-0.25, -0.2) is 0 Å². The van der Waals surface area contributed by atoms with Crippen molar-refractivity contribution in [1.82, 2.24) is 15.1 Å². The minimum atomic E-state index is -0.666. The van der Waals surface area contributed by atoms with Crippen LogP contribution in [0.5, 0.6) is 5.75 Å². The molecule has 3 rings (SSSR count). The van der Waals surface area contributed by atoms with Crippen molar-refractivity contribution in [3.05, 3.63) is 65.2 Å². The van der Waals surface area contributed by atoms with Crippen molar-refractivity contribution in [2.75, 3.05) is 20.2 Å². The van der Waals surface area contributed by atoms with Gasteiger partial charge in [0.15, 0.2) is 0 Å². The molecule has 0 spiro atoms. The van der Waals surface area contributed by atoms with Crippen LogP contribution in [0.15, 0.2) is 48.5 Å². The summed E-state index contributed by atoms with van der Waals surface area (Å²) < 4.78 is 5.20. The number of unbranched alkanes of at least 4 members (excludes halogenated alkanes) is 1. The fraction of sp³-hybridized carbons (Fsp3) is 0.407. The van der Waals surface area contributed by atoms with Crippen LogP contribution in [-0.2, 0) is 16.1 Å². The van der Waals surface area contributed by atoms with E-state index in [2.05, 4.69) is 5.32 Å². The second-order valence-electron chi connectivity index (χ2n) is 8.60. The van der Waals surface area contributed by atoms with Gasteiger partial charge in [-0.05, 0) is 49.6 Å². The molecule has 1 aliphatic rings. The molecule has 0 fully saturated rings. The maximum atomic E-state index is 13.2. The van der Waals surface area contributed by atoms with Crippen molar-refractivity contribution in [3.63, 3.8) is 0 Å². The Morgan fingerprint density at radius 1 is 1.00 bits per heavy atom. The van der Waals surface area contributed by atoms with E-state index in [9.17, 15) is 19.2 Å². The Morgan fingerprint density at radius 3 is 2.20 bits per heavy atom. The van der Waals surface area contributed by atoms with E-state index < -0.39 is 6.04 Å². The van der Waals surface area contributed by atoms with E-state index in [0.717, 1.165) is 18.4 Å². The number of hydrogen-bond acceptors (Lipinski definition) is 5. The maximum Gasteiger partial charge on any atom is 0.261 e. The number of hydrogen-bond donors (Lipinski definition) is 1. The summed E-state index contributed by atoms with van der Waals surface area (Å²) >= 11 is 0. The molecule has 0 aromatic heterocycles. The first-order valence-electron chi connectivity index (χ1n) is 12.0. The Kier molecular flexibility index (Phi) is 9.00. The SMILES string of the molecule is CCCCNC(=O)[C@@H](C)N(Cc1ccc(OC)cc1)C(=O)CCCN1C(=O)c2ccccc2C1=O. The molecule has 1 heterocycles. The van der Waals surface area contributed by atoms with Crippen LogP contribution in [0.1, 0.15) is 65.8 Å². The number of ether oxygens (including phenoxy) is 1. The van der Waals surface area contributed by atoms with Crippen molar-refractivity contribution in [2.24, 2.45) is 0 Å². The van der Waals surface area contributed by atoms with E-state index in [4.69, 9.17) is 4.74 Å². The number of rotatable bonds is 12. The van der Waals surface area contributed by atoms with Crippen LogP contribution < -0.4 is 10.1 Å². The van der Waals surface area contributed by atoms with Crippen molar-refractivity contribution in [3.8, 4) is 5.75 Å². The highest BCUT2D eigenvalue weighted by atomic mass is 16.5. The van der Waals surface area contributed by atoms with Crippen LogP contribution in [-0.4, -0.2) is 59.7 Å². The van der Waals surface area contributed by atoms with E-state index in [1.54, 1.807) is 43.2 Å². The summed E-state index contributed by atoms with van der Waals surface area (Å²) in [7, 11) is 1.59. The predicted molar refractivity (Wildman–Crippen MR) is 132 cm³/mol. The molecule has 1 aliphatic heterocycles.